The SMILES string of the molecule is CCOCC(=O)N1CCC[C@@]2(C1)CN(C(=O)c1n[nH]c3ccccc13)CC[C@@H]2O. The number of hydrogen-bond acceptors (Lipinski definition) is 5. The Hall–Kier alpha value is -2.45. The van der Waals surface area contributed by atoms with Crippen molar-refractivity contribution in [2.45, 2.75) is 32.3 Å². The molecule has 4 rings (SSSR count). The van der Waals surface area contributed by atoms with Crippen LogP contribution in [0.2, 0.25) is 0 Å². The van der Waals surface area contributed by atoms with Gasteiger partial charge in [0, 0.05) is 43.6 Å². The van der Waals surface area contributed by atoms with E-state index in [4.69, 9.17) is 4.74 Å². The number of rotatable bonds is 4. The number of fused-ring (bicyclic) bond motifs is 1. The fraction of sp³-hybridized carbons (Fsp3) is 0.571. The summed E-state index contributed by atoms with van der Waals surface area (Å²) in [6.07, 6.45) is 1.56. The summed E-state index contributed by atoms with van der Waals surface area (Å²) < 4.78 is 5.27. The molecular weight excluding hydrogens is 372 g/mol. The summed E-state index contributed by atoms with van der Waals surface area (Å²) in [6.45, 7) is 4.43. The fourth-order valence-electron chi connectivity index (χ4n) is 4.65. The molecule has 1 spiro atoms. The molecule has 2 saturated heterocycles. The molecule has 1 aromatic carbocycles. The number of H-pyrrole nitrogens is 1. The Morgan fingerprint density at radius 1 is 1.28 bits per heavy atom. The zero-order chi connectivity index (χ0) is 20.4. The lowest BCUT2D eigenvalue weighted by atomic mass is 9.71. The molecule has 3 heterocycles. The van der Waals surface area contributed by atoms with Crippen molar-refractivity contribution >= 4 is 22.7 Å². The third-order valence-corrected chi connectivity index (χ3v) is 6.24. The number of piperidine rings is 2. The molecule has 2 atom stereocenters. The monoisotopic (exact) mass is 400 g/mol. The van der Waals surface area contributed by atoms with Gasteiger partial charge in [-0.05, 0) is 32.3 Å². The normalized spacial score (nSPS) is 25.0. The number of nitrogens with zero attached hydrogens (tertiary/aromatic N) is 3. The smallest absolute Gasteiger partial charge is 0.275 e. The van der Waals surface area contributed by atoms with Crippen molar-refractivity contribution < 1.29 is 19.4 Å². The van der Waals surface area contributed by atoms with Crippen LogP contribution in [-0.2, 0) is 9.53 Å². The minimum Gasteiger partial charge on any atom is -0.392 e. The van der Waals surface area contributed by atoms with Crippen LogP contribution in [0.25, 0.3) is 10.9 Å². The molecule has 2 N–H and O–H groups in total. The molecule has 1 aromatic heterocycles. The second kappa shape index (κ2) is 8.12. The van der Waals surface area contributed by atoms with Crippen LogP contribution in [0.1, 0.15) is 36.7 Å². The van der Waals surface area contributed by atoms with E-state index < -0.39 is 11.5 Å². The third-order valence-electron chi connectivity index (χ3n) is 6.24. The molecule has 8 nitrogen and oxygen atoms in total. The van der Waals surface area contributed by atoms with E-state index >= 15 is 0 Å². The lowest BCUT2D eigenvalue weighted by Gasteiger charge is -2.50. The maximum absolute atomic E-state index is 13.2. The van der Waals surface area contributed by atoms with Crippen LogP contribution in [-0.4, -0.2) is 82.4 Å². The molecule has 0 saturated carbocycles. The first-order valence-electron chi connectivity index (χ1n) is 10.3. The Morgan fingerprint density at radius 2 is 2.07 bits per heavy atom. The van der Waals surface area contributed by atoms with Crippen LogP contribution in [0.4, 0.5) is 0 Å². The van der Waals surface area contributed by atoms with Crippen LogP contribution in [0.15, 0.2) is 24.3 Å². The van der Waals surface area contributed by atoms with Gasteiger partial charge in [-0.25, -0.2) is 0 Å². The Kier molecular flexibility index (Phi) is 5.56. The minimum absolute atomic E-state index is 0.0557. The highest BCUT2D eigenvalue weighted by atomic mass is 16.5. The van der Waals surface area contributed by atoms with Crippen molar-refractivity contribution in [3.63, 3.8) is 0 Å². The van der Waals surface area contributed by atoms with Gasteiger partial charge in [0.1, 0.15) is 6.61 Å². The van der Waals surface area contributed by atoms with Crippen LogP contribution < -0.4 is 0 Å². The number of hydrogen-bond donors (Lipinski definition) is 2. The number of likely N-dealkylation sites (tertiary alicyclic amines) is 2. The number of aromatic nitrogens is 2. The molecule has 2 amide bonds. The van der Waals surface area contributed by atoms with E-state index in [1.54, 1.807) is 9.80 Å². The van der Waals surface area contributed by atoms with E-state index in [2.05, 4.69) is 10.2 Å². The first-order chi connectivity index (χ1) is 14.0. The fourth-order valence-corrected chi connectivity index (χ4v) is 4.65. The first-order valence-corrected chi connectivity index (χ1v) is 10.3. The number of amides is 2. The molecule has 0 aliphatic carbocycles. The van der Waals surface area contributed by atoms with Crippen molar-refractivity contribution in [3.05, 3.63) is 30.0 Å². The predicted molar refractivity (Wildman–Crippen MR) is 107 cm³/mol. The molecule has 2 fully saturated rings. The average Bonchev–Trinajstić information content (AvgIpc) is 3.18. The highest BCUT2D eigenvalue weighted by Gasteiger charge is 2.47. The maximum atomic E-state index is 13.2. The summed E-state index contributed by atoms with van der Waals surface area (Å²) in [6, 6.07) is 7.56. The van der Waals surface area contributed by atoms with E-state index in [9.17, 15) is 14.7 Å². The Bertz CT molecular complexity index is 898. The van der Waals surface area contributed by atoms with Crippen LogP contribution in [0.3, 0.4) is 0 Å². The number of benzene rings is 1. The predicted octanol–water partition coefficient (Wildman–Crippen LogP) is 1.41. The quantitative estimate of drug-likeness (QED) is 0.809. The van der Waals surface area contributed by atoms with Crippen molar-refractivity contribution in [2.24, 2.45) is 5.41 Å². The molecule has 0 radical (unpaired) electrons. The molecule has 0 unspecified atom stereocenters. The zero-order valence-electron chi connectivity index (χ0n) is 16.8. The number of aliphatic hydroxyl groups excluding tert-OH is 1. The van der Waals surface area contributed by atoms with Gasteiger partial charge in [0.25, 0.3) is 5.91 Å². The summed E-state index contributed by atoms with van der Waals surface area (Å²) >= 11 is 0. The summed E-state index contributed by atoms with van der Waals surface area (Å²) in [4.78, 5) is 29.2. The topological polar surface area (TPSA) is 98.8 Å². The molecule has 2 aliphatic heterocycles. The summed E-state index contributed by atoms with van der Waals surface area (Å²) in [5, 5.41) is 18.8. The van der Waals surface area contributed by atoms with Gasteiger partial charge in [-0.3, -0.25) is 14.7 Å². The minimum atomic E-state index is -0.537. The van der Waals surface area contributed by atoms with Crippen molar-refractivity contribution in [2.75, 3.05) is 39.4 Å². The van der Waals surface area contributed by atoms with Crippen molar-refractivity contribution in [1.29, 1.82) is 0 Å². The average molecular weight is 400 g/mol. The van der Waals surface area contributed by atoms with Gasteiger partial charge in [0.2, 0.25) is 5.91 Å². The standard InChI is InChI=1S/C21H28N4O4/c1-2-29-12-18(27)24-10-5-9-21(13-24)14-25(11-8-17(21)26)20(28)19-15-6-3-4-7-16(15)22-23-19/h3-4,6-7,17,26H,2,5,8-14H2,1H3,(H,22,23)/t17-,21+/m0/s1. The summed E-state index contributed by atoms with van der Waals surface area (Å²) in [5.41, 5.74) is 0.736. The lowest BCUT2D eigenvalue weighted by molar-refractivity contribution is -0.144. The van der Waals surface area contributed by atoms with Gasteiger partial charge in [-0.1, -0.05) is 18.2 Å². The number of aromatic amines is 1. The number of carbonyl (C=O) groups excluding carboxylic acids is 2. The molecule has 156 valence electrons. The Balaban J connectivity index is 1.53. The number of carbonyl (C=O) groups is 2. The Morgan fingerprint density at radius 3 is 2.90 bits per heavy atom. The van der Waals surface area contributed by atoms with Gasteiger partial charge in [-0.15, -0.1) is 0 Å². The highest BCUT2D eigenvalue weighted by Crippen LogP contribution is 2.39. The van der Waals surface area contributed by atoms with E-state index in [0.717, 1.165) is 23.7 Å². The molecule has 0 bridgehead atoms. The molecule has 8 heteroatoms. The number of aliphatic hydroxyl groups is 1. The second-order valence-corrected chi connectivity index (χ2v) is 8.07. The van der Waals surface area contributed by atoms with Gasteiger partial charge < -0.3 is 19.6 Å². The largest absolute Gasteiger partial charge is 0.392 e. The van der Waals surface area contributed by atoms with E-state index in [1.165, 1.54) is 0 Å². The first kappa shape index (κ1) is 19.8. The third kappa shape index (κ3) is 3.74. The number of nitrogens with one attached hydrogen (secondary N) is 1. The van der Waals surface area contributed by atoms with Gasteiger partial charge in [0.15, 0.2) is 5.69 Å². The van der Waals surface area contributed by atoms with Gasteiger partial charge >= 0.3 is 0 Å². The maximum Gasteiger partial charge on any atom is 0.275 e. The molecular formula is C21H28N4O4. The number of ether oxygens (including phenoxy) is 1. The van der Waals surface area contributed by atoms with E-state index in [1.807, 2.05) is 31.2 Å². The van der Waals surface area contributed by atoms with E-state index in [-0.39, 0.29) is 18.4 Å². The lowest BCUT2D eigenvalue weighted by Crippen LogP contribution is -2.61. The molecule has 2 aliphatic rings. The Labute approximate surface area is 169 Å². The van der Waals surface area contributed by atoms with E-state index in [0.29, 0.717) is 44.9 Å². The summed E-state index contributed by atoms with van der Waals surface area (Å²) in [5.74, 6) is -0.189. The molecule has 29 heavy (non-hydrogen) atoms. The van der Waals surface area contributed by atoms with Crippen molar-refractivity contribution in [1.82, 2.24) is 20.0 Å². The second-order valence-electron chi connectivity index (χ2n) is 8.07. The summed E-state index contributed by atoms with van der Waals surface area (Å²) in [7, 11) is 0. The van der Waals surface area contributed by atoms with Crippen LogP contribution in [0, 0.1) is 5.41 Å². The highest BCUT2D eigenvalue weighted by molar-refractivity contribution is 6.04. The van der Waals surface area contributed by atoms with Crippen molar-refractivity contribution in [3.8, 4) is 0 Å². The molecule has 2 aromatic rings. The zero-order valence-corrected chi connectivity index (χ0v) is 16.8. The van der Waals surface area contributed by atoms with Crippen LogP contribution >= 0.6 is 0 Å². The van der Waals surface area contributed by atoms with Gasteiger partial charge in [-0.2, -0.15) is 5.10 Å². The number of para-hydroxylation sites is 1. The van der Waals surface area contributed by atoms with Crippen LogP contribution in [0.5, 0.6) is 0 Å². The van der Waals surface area contributed by atoms with Gasteiger partial charge in [0.05, 0.1) is 11.6 Å².